The third-order valence-electron chi connectivity index (χ3n) is 4.73. The molecule has 3 aromatic rings. The van der Waals surface area contributed by atoms with Gasteiger partial charge >= 0.3 is 0 Å². The van der Waals surface area contributed by atoms with Crippen LogP contribution in [0.1, 0.15) is 25.0 Å². The van der Waals surface area contributed by atoms with Crippen LogP contribution in [0.25, 0.3) is 11.0 Å². The Morgan fingerprint density at radius 2 is 2.10 bits per heavy atom. The molecule has 3 rings (SSSR count). The number of nitrogens with one attached hydrogen (secondary N) is 2. The number of benzene rings is 1. The lowest BCUT2D eigenvalue weighted by Gasteiger charge is -2.12. The molecule has 0 amide bonds. The summed E-state index contributed by atoms with van der Waals surface area (Å²) < 4.78 is 4.32. The van der Waals surface area contributed by atoms with Crippen molar-refractivity contribution in [2.75, 3.05) is 19.6 Å². The van der Waals surface area contributed by atoms with Gasteiger partial charge in [0.1, 0.15) is 18.0 Å². The Labute approximate surface area is 171 Å². The van der Waals surface area contributed by atoms with Crippen molar-refractivity contribution < 1.29 is 0 Å². The molecule has 0 aliphatic rings. The zero-order valence-corrected chi connectivity index (χ0v) is 17.3. The van der Waals surface area contributed by atoms with Crippen molar-refractivity contribution >= 4 is 17.0 Å². The van der Waals surface area contributed by atoms with E-state index in [1.807, 2.05) is 12.1 Å². The normalized spacial score (nSPS) is 11.7. The van der Waals surface area contributed by atoms with Gasteiger partial charge in [-0.1, -0.05) is 25.1 Å². The zero-order chi connectivity index (χ0) is 20.5. The number of fused-ring (bicyclic) bond motifs is 1. The fourth-order valence-electron chi connectivity index (χ4n) is 3.28. The van der Waals surface area contributed by atoms with Crippen molar-refractivity contribution in [1.82, 2.24) is 34.9 Å². The number of aryl methyl sites for hydroxylation is 3. The molecule has 0 unspecified atom stereocenters. The van der Waals surface area contributed by atoms with Crippen LogP contribution < -0.4 is 10.6 Å². The van der Waals surface area contributed by atoms with Crippen molar-refractivity contribution in [2.24, 2.45) is 4.99 Å². The SMILES string of the molecule is C=CCNC(=NCCCn1c(C)nc2ccccc21)NCCn1cnnc1CC. The zero-order valence-electron chi connectivity index (χ0n) is 17.3. The molecular formula is C21H30N8. The molecule has 2 aromatic heterocycles. The van der Waals surface area contributed by atoms with Crippen LogP contribution in [0.4, 0.5) is 0 Å². The van der Waals surface area contributed by atoms with Crippen LogP contribution in [0.2, 0.25) is 0 Å². The first-order valence-electron chi connectivity index (χ1n) is 10.1. The second-order valence-corrected chi connectivity index (χ2v) is 6.77. The fraction of sp³-hybridized carbons (Fsp3) is 0.429. The highest BCUT2D eigenvalue weighted by molar-refractivity contribution is 5.79. The van der Waals surface area contributed by atoms with Crippen molar-refractivity contribution in [3.05, 3.63) is 54.9 Å². The maximum atomic E-state index is 4.70. The molecule has 0 saturated carbocycles. The Morgan fingerprint density at radius 1 is 1.24 bits per heavy atom. The van der Waals surface area contributed by atoms with E-state index in [0.717, 1.165) is 62.1 Å². The number of aliphatic imine (C=N–C) groups is 1. The molecule has 0 aliphatic carbocycles. The predicted molar refractivity (Wildman–Crippen MR) is 117 cm³/mol. The second kappa shape index (κ2) is 10.4. The molecule has 0 radical (unpaired) electrons. The molecule has 0 saturated heterocycles. The van der Waals surface area contributed by atoms with Gasteiger partial charge in [-0.15, -0.1) is 16.8 Å². The van der Waals surface area contributed by atoms with Gasteiger partial charge in [0.25, 0.3) is 0 Å². The summed E-state index contributed by atoms with van der Waals surface area (Å²) in [6.45, 7) is 11.7. The summed E-state index contributed by atoms with van der Waals surface area (Å²) in [5.74, 6) is 2.83. The third kappa shape index (κ3) is 5.43. The molecule has 29 heavy (non-hydrogen) atoms. The molecule has 154 valence electrons. The van der Waals surface area contributed by atoms with Crippen molar-refractivity contribution in [2.45, 2.75) is 39.8 Å². The Kier molecular flexibility index (Phi) is 7.38. The Bertz CT molecular complexity index is 953. The van der Waals surface area contributed by atoms with Gasteiger partial charge in [0.2, 0.25) is 0 Å². The number of nitrogens with zero attached hydrogens (tertiary/aromatic N) is 6. The van der Waals surface area contributed by atoms with Gasteiger partial charge in [-0.25, -0.2) is 4.98 Å². The first kappa shape index (κ1) is 20.6. The van der Waals surface area contributed by atoms with Crippen LogP contribution in [0.15, 0.2) is 48.2 Å². The number of rotatable bonds is 10. The summed E-state index contributed by atoms with van der Waals surface area (Å²) in [4.78, 5) is 9.33. The molecule has 0 aliphatic heterocycles. The minimum absolute atomic E-state index is 0.671. The summed E-state index contributed by atoms with van der Waals surface area (Å²) in [5, 5.41) is 14.7. The van der Waals surface area contributed by atoms with E-state index in [1.165, 1.54) is 5.52 Å². The third-order valence-corrected chi connectivity index (χ3v) is 4.73. The molecule has 8 nitrogen and oxygen atoms in total. The predicted octanol–water partition coefficient (Wildman–Crippen LogP) is 2.31. The monoisotopic (exact) mass is 394 g/mol. The van der Waals surface area contributed by atoms with E-state index in [1.54, 1.807) is 6.33 Å². The van der Waals surface area contributed by atoms with Gasteiger partial charge < -0.3 is 19.8 Å². The summed E-state index contributed by atoms with van der Waals surface area (Å²) in [6.07, 6.45) is 5.41. The number of aromatic nitrogens is 5. The smallest absolute Gasteiger partial charge is 0.191 e. The number of hydrogen-bond donors (Lipinski definition) is 2. The van der Waals surface area contributed by atoms with Gasteiger partial charge in [0, 0.05) is 39.1 Å². The molecule has 1 aromatic carbocycles. The Balaban J connectivity index is 1.52. The molecule has 0 bridgehead atoms. The molecule has 2 heterocycles. The Morgan fingerprint density at radius 3 is 2.93 bits per heavy atom. The van der Waals surface area contributed by atoms with E-state index in [4.69, 9.17) is 4.99 Å². The Hall–Kier alpha value is -3.16. The van der Waals surface area contributed by atoms with Crippen LogP contribution in [0.5, 0.6) is 0 Å². The van der Waals surface area contributed by atoms with Crippen molar-refractivity contribution in [3.63, 3.8) is 0 Å². The highest BCUT2D eigenvalue weighted by Gasteiger charge is 2.06. The quantitative estimate of drug-likeness (QED) is 0.239. The standard InChI is InChI=1S/C21H30N8/c1-4-11-22-21(24-13-15-28-16-25-27-20(28)5-2)23-12-8-14-29-17(3)26-18-9-6-7-10-19(18)29/h4,6-7,9-10,16H,1,5,8,11-15H2,2-3H3,(H2,22,23,24). The molecule has 0 atom stereocenters. The first-order valence-corrected chi connectivity index (χ1v) is 10.1. The first-order chi connectivity index (χ1) is 14.2. The highest BCUT2D eigenvalue weighted by Crippen LogP contribution is 2.15. The average Bonchev–Trinajstić information content (AvgIpc) is 3.32. The van der Waals surface area contributed by atoms with E-state index in [0.29, 0.717) is 6.54 Å². The van der Waals surface area contributed by atoms with Crippen molar-refractivity contribution in [1.29, 1.82) is 0 Å². The minimum atomic E-state index is 0.671. The van der Waals surface area contributed by atoms with Crippen LogP contribution in [-0.2, 0) is 19.5 Å². The van der Waals surface area contributed by atoms with E-state index in [9.17, 15) is 0 Å². The molecule has 8 heteroatoms. The average molecular weight is 395 g/mol. The van der Waals surface area contributed by atoms with Crippen LogP contribution in [0, 0.1) is 6.92 Å². The van der Waals surface area contributed by atoms with Gasteiger partial charge in [0.05, 0.1) is 11.0 Å². The van der Waals surface area contributed by atoms with Gasteiger partial charge in [-0.2, -0.15) is 0 Å². The van der Waals surface area contributed by atoms with Gasteiger partial charge in [-0.3, -0.25) is 4.99 Å². The summed E-state index contributed by atoms with van der Waals surface area (Å²) in [6, 6.07) is 8.25. The maximum absolute atomic E-state index is 4.70. The largest absolute Gasteiger partial charge is 0.355 e. The van der Waals surface area contributed by atoms with Crippen molar-refractivity contribution in [3.8, 4) is 0 Å². The van der Waals surface area contributed by atoms with Crippen LogP contribution >= 0.6 is 0 Å². The van der Waals surface area contributed by atoms with Crippen LogP contribution in [0.3, 0.4) is 0 Å². The maximum Gasteiger partial charge on any atom is 0.191 e. The number of guanidine groups is 1. The van der Waals surface area contributed by atoms with E-state index in [-0.39, 0.29) is 0 Å². The number of imidazole rings is 1. The topological polar surface area (TPSA) is 85.0 Å². The molecular weight excluding hydrogens is 364 g/mol. The summed E-state index contributed by atoms with van der Waals surface area (Å²) in [7, 11) is 0. The van der Waals surface area contributed by atoms with E-state index >= 15 is 0 Å². The highest BCUT2D eigenvalue weighted by atomic mass is 15.3. The lowest BCUT2D eigenvalue weighted by atomic mass is 10.3. The van der Waals surface area contributed by atoms with Gasteiger partial charge in [0.15, 0.2) is 5.96 Å². The van der Waals surface area contributed by atoms with E-state index in [2.05, 4.69) is 73.6 Å². The summed E-state index contributed by atoms with van der Waals surface area (Å²) in [5.41, 5.74) is 2.22. The van der Waals surface area contributed by atoms with Gasteiger partial charge in [-0.05, 0) is 25.5 Å². The minimum Gasteiger partial charge on any atom is -0.355 e. The second-order valence-electron chi connectivity index (χ2n) is 6.77. The van der Waals surface area contributed by atoms with E-state index < -0.39 is 0 Å². The van der Waals surface area contributed by atoms with Crippen LogP contribution in [-0.4, -0.2) is 49.9 Å². The molecule has 2 N–H and O–H groups in total. The molecule has 0 spiro atoms. The number of hydrogen-bond acceptors (Lipinski definition) is 4. The summed E-state index contributed by atoms with van der Waals surface area (Å²) >= 11 is 0. The lowest BCUT2D eigenvalue weighted by molar-refractivity contribution is 0.627. The number of para-hydroxylation sites is 2. The molecule has 0 fully saturated rings. The fourth-order valence-corrected chi connectivity index (χ4v) is 3.28. The lowest BCUT2D eigenvalue weighted by Crippen LogP contribution is -2.39.